The Morgan fingerprint density at radius 1 is 1.19 bits per heavy atom. The molecule has 1 aliphatic heterocycles. The van der Waals surface area contributed by atoms with Crippen LogP contribution >= 0.6 is 0 Å². The molecule has 0 atom stereocenters. The van der Waals surface area contributed by atoms with E-state index >= 15 is 0 Å². The lowest BCUT2D eigenvalue weighted by Gasteiger charge is -2.33. The Hall–Kier alpha value is -1.63. The maximum atomic E-state index is 12.0. The molecule has 1 aliphatic rings. The first-order valence-corrected chi connectivity index (χ1v) is 7.21. The number of nitrogens with zero attached hydrogens (tertiary/aromatic N) is 2. The van der Waals surface area contributed by atoms with Gasteiger partial charge < -0.3 is 15.2 Å². The van der Waals surface area contributed by atoms with E-state index in [-0.39, 0.29) is 12.5 Å². The number of hydrogen-bond donors (Lipinski definition) is 2. The van der Waals surface area contributed by atoms with E-state index in [0.29, 0.717) is 13.1 Å². The molecular weight excluding hydrogens is 270 g/mol. The highest BCUT2D eigenvalue weighted by atomic mass is 16.5. The molecule has 6 nitrogen and oxygen atoms in total. The van der Waals surface area contributed by atoms with Crippen molar-refractivity contribution >= 4 is 11.6 Å². The third kappa shape index (κ3) is 5.00. The van der Waals surface area contributed by atoms with Crippen LogP contribution in [0, 0.1) is 0 Å². The number of β-amino-alcohol motifs (C(OH)–C–C–N with tert-alkyl or cyclic N) is 1. The number of amides is 1. The first kappa shape index (κ1) is 15.8. The molecule has 1 amide bonds. The molecule has 116 valence electrons. The van der Waals surface area contributed by atoms with Crippen molar-refractivity contribution in [3.8, 4) is 5.75 Å². The summed E-state index contributed by atoms with van der Waals surface area (Å²) in [7, 11) is 1.62. The lowest BCUT2D eigenvalue weighted by Crippen LogP contribution is -2.49. The quantitative estimate of drug-likeness (QED) is 0.787. The number of methoxy groups -OCH3 is 1. The van der Waals surface area contributed by atoms with Gasteiger partial charge in [0.15, 0.2) is 0 Å². The molecule has 2 rings (SSSR count). The number of aliphatic hydroxyl groups is 1. The molecule has 0 radical (unpaired) electrons. The van der Waals surface area contributed by atoms with E-state index in [9.17, 15) is 4.79 Å². The van der Waals surface area contributed by atoms with E-state index in [4.69, 9.17) is 9.84 Å². The third-order valence-corrected chi connectivity index (χ3v) is 3.62. The molecule has 6 heteroatoms. The van der Waals surface area contributed by atoms with E-state index < -0.39 is 0 Å². The van der Waals surface area contributed by atoms with E-state index in [2.05, 4.69) is 15.1 Å². The summed E-state index contributed by atoms with van der Waals surface area (Å²) in [5, 5.41) is 11.8. The lowest BCUT2D eigenvalue weighted by molar-refractivity contribution is -0.117. The Balaban J connectivity index is 1.74. The Morgan fingerprint density at radius 2 is 1.81 bits per heavy atom. The monoisotopic (exact) mass is 293 g/mol. The third-order valence-electron chi connectivity index (χ3n) is 3.62. The number of aliphatic hydroxyl groups excluding tert-OH is 1. The SMILES string of the molecule is COc1ccc(NC(=O)CN2CCN(CCO)CC2)cc1. The molecule has 1 saturated heterocycles. The van der Waals surface area contributed by atoms with Crippen molar-refractivity contribution < 1.29 is 14.6 Å². The average molecular weight is 293 g/mol. The maximum absolute atomic E-state index is 12.0. The van der Waals surface area contributed by atoms with Gasteiger partial charge in [-0.2, -0.15) is 0 Å². The maximum Gasteiger partial charge on any atom is 0.238 e. The minimum Gasteiger partial charge on any atom is -0.497 e. The fourth-order valence-corrected chi connectivity index (χ4v) is 2.39. The van der Waals surface area contributed by atoms with Gasteiger partial charge in [0.25, 0.3) is 0 Å². The van der Waals surface area contributed by atoms with Crippen molar-refractivity contribution in [3.05, 3.63) is 24.3 Å². The summed E-state index contributed by atoms with van der Waals surface area (Å²) in [5.74, 6) is 0.767. The molecule has 0 saturated carbocycles. The van der Waals surface area contributed by atoms with E-state index in [0.717, 1.165) is 37.6 Å². The van der Waals surface area contributed by atoms with Gasteiger partial charge >= 0.3 is 0 Å². The summed E-state index contributed by atoms with van der Waals surface area (Å²) in [6.07, 6.45) is 0. The van der Waals surface area contributed by atoms with E-state index in [1.807, 2.05) is 24.3 Å². The van der Waals surface area contributed by atoms with Gasteiger partial charge in [-0.15, -0.1) is 0 Å². The van der Waals surface area contributed by atoms with Gasteiger partial charge in [0, 0.05) is 38.4 Å². The van der Waals surface area contributed by atoms with Crippen LogP contribution in [0.25, 0.3) is 0 Å². The van der Waals surface area contributed by atoms with E-state index in [1.54, 1.807) is 7.11 Å². The number of ether oxygens (including phenoxy) is 1. The average Bonchev–Trinajstić information content (AvgIpc) is 2.50. The van der Waals surface area contributed by atoms with Crippen LogP contribution in [0.2, 0.25) is 0 Å². The van der Waals surface area contributed by atoms with Crippen molar-refractivity contribution in [1.29, 1.82) is 0 Å². The fraction of sp³-hybridized carbons (Fsp3) is 0.533. The zero-order chi connectivity index (χ0) is 15.1. The van der Waals surface area contributed by atoms with Gasteiger partial charge in [0.1, 0.15) is 5.75 Å². The number of rotatable bonds is 6. The number of carbonyl (C=O) groups excluding carboxylic acids is 1. The molecule has 21 heavy (non-hydrogen) atoms. The molecule has 1 heterocycles. The summed E-state index contributed by atoms with van der Waals surface area (Å²) in [5.41, 5.74) is 0.778. The minimum atomic E-state index is -0.00391. The van der Waals surface area contributed by atoms with Crippen molar-refractivity contribution in [2.24, 2.45) is 0 Å². The zero-order valence-corrected chi connectivity index (χ0v) is 12.4. The second kappa shape index (κ2) is 7.97. The molecular formula is C15H23N3O3. The summed E-state index contributed by atoms with van der Waals surface area (Å²) in [4.78, 5) is 16.3. The smallest absolute Gasteiger partial charge is 0.238 e. The van der Waals surface area contributed by atoms with Crippen LogP contribution in [0.15, 0.2) is 24.3 Å². The Labute approximate surface area is 125 Å². The van der Waals surface area contributed by atoms with Gasteiger partial charge in [-0.25, -0.2) is 0 Å². The highest BCUT2D eigenvalue weighted by Gasteiger charge is 2.18. The zero-order valence-electron chi connectivity index (χ0n) is 12.4. The number of anilines is 1. The Kier molecular flexibility index (Phi) is 5.98. The summed E-state index contributed by atoms with van der Waals surface area (Å²) >= 11 is 0. The topological polar surface area (TPSA) is 65.0 Å². The molecule has 1 fully saturated rings. The summed E-state index contributed by atoms with van der Waals surface area (Å²) < 4.78 is 5.08. The summed E-state index contributed by atoms with van der Waals surface area (Å²) in [6.45, 7) is 4.82. The van der Waals surface area contributed by atoms with Gasteiger partial charge in [0.2, 0.25) is 5.91 Å². The molecule has 2 N–H and O–H groups in total. The van der Waals surface area contributed by atoms with Crippen LogP contribution in [0.5, 0.6) is 5.75 Å². The second-order valence-corrected chi connectivity index (χ2v) is 5.12. The molecule has 0 bridgehead atoms. The molecule has 0 aromatic heterocycles. The van der Waals surface area contributed by atoms with Gasteiger partial charge in [0.05, 0.1) is 20.3 Å². The van der Waals surface area contributed by atoms with Crippen LogP contribution in [-0.2, 0) is 4.79 Å². The van der Waals surface area contributed by atoms with Crippen LogP contribution < -0.4 is 10.1 Å². The molecule has 0 unspecified atom stereocenters. The van der Waals surface area contributed by atoms with Crippen LogP contribution in [0.3, 0.4) is 0 Å². The van der Waals surface area contributed by atoms with E-state index in [1.165, 1.54) is 0 Å². The number of carbonyl (C=O) groups is 1. The Morgan fingerprint density at radius 3 is 2.38 bits per heavy atom. The largest absolute Gasteiger partial charge is 0.497 e. The molecule has 1 aromatic rings. The first-order valence-electron chi connectivity index (χ1n) is 7.21. The standard InChI is InChI=1S/C15H23N3O3/c1-21-14-4-2-13(3-5-14)16-15(20)12-18-8-6-17(7-9-18)10-11-19/h2-5,19H,6-12H2,1H3,(H,16,20). The van der Waals surface area contributed by atoms with Crippen LogP contribution in [-0.4, -0.2) is 73.8 Å². The predicted octanol–water partition coefficient (Wildman–Crippen LogP) is 0.244. The van der Waals surface area contributed by atoms with Gasteiger partial charge in [-0.3, -0.25) is 14.6 Å². The number of benzene rings is 1. The second-order valence-electron chi connectivity index (χ2n) is 5.12. The Bertz CT molecular complexity index is 442. The van der Waals surface area contributed by atoms with Crippen molar-refractivity contribution in [2.45, 2.75) is 0 Å². The van der Waals surface area contributed by atoms with Crippen LogP contribution in [0.1, 0.15) is 0 Å². The highest BCUT2D eigenvalue weighted by Crippen LogP contribution is 2.15. The molecule has 0 aliphatic carbocycles. The predicted molar refractivity (Wildman–Crippen MR) is 81.6 cm³/mol. The summed E-state index contributed by atoms with van der Waals surface area (Å²) in [6, 6.07) is 7.30. The van der Waals surface area contributed by atoms with Crippen molar-refractivity contribution in [1.82, 2.24) is 9.80 Å². The number of hydrogen-bond acceptors (Lipinski definition) is 5. The first-order chi connectivity index (χ1) is 10.2. The van der Waals surface area contributed by atoms with Gasteiger partial charge in [-0.05, 0) is 24.3 Å². The fourth-order valence-electron chi connectivity index (χ4n) is 2.39. The van der Waals surface area contributed by atoms with Crippen molar-refractivity contribution in [3.63, 3.8) is 0 Å². The molecule has 1 aromatic carbocycles. The van der Waals surface area contributed by atoms with Crippen molar-refractivity contribution in [2.75, 3.05) is 58.3 Å². The minimum absolute atomic E-state index is 0.00391. The van der Waals surface area contributed by atoms with Gasteiger partial charge in [-0.1, -0.05) is 0 Å². The number of nitrogens with one attached hydrogen (secondary N) is 1. The normalized spacial score (nSPS) is 16.7. The number of piperazine rings is 1. The van der Waals surface area contributed by atoms with Crippen LogP contribution in [0.4, 0.5) is 5.69 Å². The lowest BCUT2D eigenvalue weighted by atomic mass is 10.3. The highest BCUT2D eigenvalue weighted by molar-refractivity contribution is 5.92. The molecule has 0 spiro atoms.